The Bertz CT molecular complexity index is 1250. The van der Waals surface area contributed by atoms with Gasteiger partial charge in [0.25, 0.3) is 0 Å². The van der Waals surface area contributed by atoms with Crippen LogP contribution in [0.2, 0.25) is 0 Å². The van der Waals surface area contributed by atoms with E-state index in [1.165, 1.54) is 12.8 Å². The van der Waals surface area contributed by atoms with E-state index in [0.717, 1.165) is 71.0 Å². The lowest BCUT2D eigenvalue weighted by molar-refractivity contribution is 0.122. The molecule has 0 bridgehead atoms. The number of thioether (sulfide) groups is 1. The highest BCUT2D eigenvalue weighted by Crippen LogP contribution is 2.53. The first kappa shape index (κ1) is 26.7. The number of carbonyl (C=O) groups is 1. The van der Waals surface area contributed by atoms with Gasteiger partial charge in [0.05, 0.1) is 23.7 Å². The van der Waals surface area contributed by atoms with Crippen molar-refractivity contribution in [2.75, 3.05) is 37.7 Å². The fraction of sp³-hybridized carbons (Fsp3) is 0.500. The number of morpholine rings is 1. The SMILES string of the molecule is C#CCCNC(=O)NC1=CC=C(c2nc(N3CCOCC3)cc(C3(Sc4nc(C)cs4)CCCC3)n2)CC1. The van der Waals surface area contributed by atoms with E-state index < -0.39 is 0 Å². The van der Waals surface area contributed by atoms with E-state index >= 15 is 0 Å². The smallest absolute Gasteiger partial charge is 0.319 e. The third-order valence-electron chi connectivity index (χ3n) is 7.07. The van der Waals surface area contributed by atoms with Crippen LogP contribution in [-0.2, 0) is 9.48 Å². The fourth-order valence-corrected chi connectivity index (χ4v) is 7.60. The molecular formula is C28H34N6O2S2. The summed E-state index contributed by atoms with van der Waals surface area (Å²) in [6, 6.07) is 1.98. The Labute approximate surface area is 232 Å². The number of nitrogens with zero attached hydrogens (tertiary/aromatic N) is 4. The molecule has 2 amide bonds. The molecule has 2 N–H and O–H groups in total. The molecule has 2 aromatic rings. The predicted molar refractivity (Wildman–Crippen MR) is 153 cm³/mol. The number of rotatable bonds is 8. The highest BCUT2D eigenvalue weighted by atomic mass is 32.2. The Morgan fingerprint density at radius 2 is 2.03 bits per heavy atom. The maximum atomic E-state index is 12.1. The van der Waals surface area contributed by atoms with Crippen LogP contribution in [0, 0.1) is 19.3 Å². The zero-order chi connectivity index (χ0) is 26.4. The number of nitrogens with one attached hydrogen (secondary N) is 2. The van der Waals surface area contributed by atoms with Crippen molar-refractivity contribution >= 4 is 40.5 Å². The number of ether oxygens (including phenoxy) is 1. The van der Waals surface area contributed by atoms with Crippen molar-refractivity contribution in [3.63, 3.8) is 0 Å². The molecule has 1 aliphatic heterocycles. The molecule has 3 aliphatic rings. The minimum absolute atomic E-state index is 0.0999. The highest BCUT2D eigenvalue weighted by Gasteiger charge is 2.40. The summed E-state index contributed by atoms with van der Waals surface area (Å²) in [5, 5.41) is 7.83. The Morgan fingerprint density at radius 3 is 2.71 bits per heavy atom. The van der Waals surface area contributed by atoms with Crippen LogP contribution in [-0.4, -0.2) is 53.8 Å². The van der Waals surface area contributed by atoms with Crippen LogP contribution in [0.5, 0.6) is 0 Å². The molecule has 200 valence electrons. The number of amides is 2. The van der Waals surface area contributed by atoms with Crippen molar-refractivity contribution in [1.82, 2.24) is 25.6 Å². The molecule has 8 nitrogen and oxygen atoms in total. The van der Waals surface area contributed by atoms with Crippen LogP contribution >= 0.6 is 23.1 Å². The summed E-state index contributed by atoms with van der Waals surface area (Å²) < 4.78 is 6.61. The largest absolute Gasteiger partial charge is 0.378 e. The average Bonchev–Trinajstić information content (AvgIpc) is 3.59. The second-order valence-corrected chi connectivity index (χ2v) is 12.3. The summed E-state index contributed by atoms with van der Waals surface area (Å²) in [5.41, 5.74) is 4.12. The van der Waals surface area contributed by atoms with Crippen LogP contribution in [0.15, 0.2) is 33.6 Å². The van der Waals surface area contributed by atoms with Gasteiger partial charge in [0.1, 0.15) is 5.82 Å². The number of carbonyl (C=O) groups excluding carboxylic acids is 1. The van der Waals surface area contributed by atoms with Crippen molar-refractivity contribution < 1.29 is 9.53 Å². The van der Waals surface area contributed by atoms with Crippen LogP contribution < -0.4 is 15.5 Å². The van der Waals surface area contributed by atoms with E-state index in [0.29, 0.717) is 32.6 Å². The van der Waals surface area contributed by atoms with E-state index in [2.05, 4.69) is 32.9 Å². The van der Waals surface area contributed by atoms with Crippen molar-refractivity contribution in [3.8, 4) is 12.3 Å². The Morgan fingerprint density at radius 1 is 1.21 bits per heavy atom. The monoisotopic (exact) mass is 550 g/mol. The number of hydrogen-bond acceptors (Lipinski definition) is 8. The topological polar surface area (TPSA) is 92.3 Å². The lowest BCUT2D eigenvalue weighted by Gasteiger charge is -2.31. The normalized spacial score (nSPS) is 18.9. The Hall–Kier alpha value is -2.87. The molecule has 5 rings (SSSR count). The highest BCUT2D eigenvalue weighted by molar-refractivity contribution is 8.01. The molecule has 38 heavy (non-hydrogen) atoms. The molecule has 0 spiro atoms. The zero-order valence-electron chi connectivity index (χ0n) is 21.8. The first-order valence-corrected chi connectivity index (χ1v) is 15.0. The fourth-order valence-electron chi connectivity index (χ4n) is 5.03. The molecule has 0 aromatic carbocycles. The molecule has 10 heteroatoms. The van der Waals surface area contributed by atoms with Gasteiger partial charge in [-0.1, -0.05) is 30.7 Å². The summed E-state index contributed by atoms with van der Waals surface area (Å²) in [6.45, 7) is 5.57. The van der Waals surface area contributed by atoms with Crippen molar-refractivity contribution in [3.05, 3.63) is 46.5 Å². The third-order valence-corrected chi connectivity index (χ3v) is 9.64. The lowest BCUT2D eigenvalue weighted by Crippen LogP contribution is -2.37. The van der Waals surface area contributed by atoms with Gasteiger partial charge in [-0.2, -0.15) is 0 Å². The van der Waals surface area contributed by atoms with E-state index in [-0.39, 0.29) is 10.8 Å². The molecule has 0 atom stereocenters. The number of aromatic nitrogens is 3. The average molecular weight is 551 g/mol. The van der Waals surface area contributed by atoms with E-state index in [9.17, 15) is 4.79 Å². The van der Waals surface area contributed by atoms with E-state index in [1.54, 1.807) is 11.3 Å². The van der Waals surface area contributed by atoms with Gasteiger partial charge in [-0.3, -0.25) is 0 Å². The maximum absolute atomic E-state index is 12.1. The van der Waals surface area contributed by atoms with Crippen LogP contribution in [0.3, 0.4) is 0 Å². The van der Waals surface area contributed by atoms with E-state index in [1.807, 2.05) is 30.8 Å². The third kappa shape index (κ3) is 6.40. The second kappa shape index (κ2) is 12.3. The Kier molecular flexibility index (Phi) is 8.67. The number of hydrogen-bond donors (Lipinski definition) is 2. The molecule has 0 radical (unpaired) electrons. The van der Waals surface area contributed by atoms with Crippen molar-refractivity contribution in [1.29, 1.82) is 0 Å². The van der Waals surface area contributed by atoms with E-state index in [4.69, 9.17) is 26.1 Å². The van der Waals surface area contributed by atoms with Crippen LogP contribution in [0.25, 0.3) is 5.57 Å². The quantitative estimate of drug-likeness (QED) is 0.352. The Balaban J connectivity index is 1.44. The van der Waals surface area contributed by atoms with Crippen molar-refractivity contribution in [2.45, 2.75) is 61.0 Å². The zero-order valence-corrected chi connectivity index (χ0v) is 23.4. The number of urea groups is 1. The minimum Gasteiger partial charge on any atom is -0.378 e. The lowest BCUT2D eigenvalue weighted by atomic mass is 9.99. The van der Waals surface area contributed by atoms with Crippen molar-refractivity contribution in [2.24, 2.45) is 0 Å². The summed E-state index contributed by atoms with van der Waals surface area (Å²) in [5.74, 6) is 4.27. The van der Waals surface area contributed by atoms with Gasteiger partial charge in [-0.25, -0.2) is 19.7 Å². The first-order chi connectivity index (χ1) is 18.5. The maximum Gasteiger partial charge on any atom is 0.319 e. The predicted octanol–water partition coefficient (Wildman–Crippen LogP) is 5.02. The summed E-state index contributed by atoms with van der Waals surface area (Å²) in [7, 11) is 0. The van der Waals surface area contributed by atoms with Gasteiger partial charge >= 0.3 is 6.03 Å². The molecule has 1 saturated carbocycles. The van der Waals surface area contributed by atoms with Gasteiger partial charge in [0, 0.05) is 48.9 Å². The van der Waals surface area contributed by atoms with Gasteiger partial charge in [0.15, 0.2) is 10.2 Å². The molecule has 2 aliphatic carbocycles. The summed E-state index contributed by atoms with van der Waals surface area (Å²) >= 11 is 3.59. The molecule has 1 saturated heterocycles. The van der Waals surface area contributed by atoms with Gasteiger partial charge in [-0.15, -0.1) is 23.7 Å². The van der Waals surface area contributed by atoms with Gasteiger partial charge in [0.2, 0.25) is 0 Å². The number of terminal acetylenes is 1. The number of allylic oxidation sites excluding steroid dienone is 4. The number of anilines is 1. The number of aryl methyl sites for hydroxylation is 1. The molecule has 2 fully saturated rings. The first-order valence-electron chi connectivity index (χ1n) is 13.3. The standard InChI is InChI=1S/C28H34N6O2S2/c1-3-4-13-29-26(35)31-22-9-7-21(8-10-22)25-32-23(18-24(33-25)34-14-16-36-17-15-34)28(11-5-6-12-28)38-27-30-20(2)19-37-27/h1,7,9,18-19H,4-6,8,10-17H2,2H3,(H2,29,31,35). The molecule has 2 aromatic heterocycles. The molecular weight excluding hydrogens is 516 g/mol. The number of thiazole rings is 1. The van der Waals surface area contributed by atoms with Crippen LogP contribution in [0.4, 0.5) is 10.6 Å². The van der Waals surface area contributed by atoms with Gasteiger partial charge < -0.3 is 20.3 Å². The van der Waals surface area contributed by atoms with Crippen LogP contribution in [0.1, 0.15) is 62.2 Å². The summed E-state index contributed by atoms with van der Waals surface area (Å²) in [6.07, 6.45) is 15.8. The van der Waals surface area contributed by atoms with Gasteiger partial charge in [-0.05, 0) is 44.3 Å². The minimum atomic E-state index is -0.228. The molecule has 3 heterocycles. The molecule has 0 unspecified atom stereocenters. The second-order valence-electron chi connectivity index (χ2n) is 9.81. The summed E-state index contributed by atoms with van der Waals surface area (Å²) in [4.78, 5) is 29.5.